The zero-order valence-electron chi connectivity index (χ0n) is 54.8. The number of ether oxygens (including phenoxy) is 1. The first kappa shape index (κ1) is 58.5. The Kier molecular flexibility index (Phi) is 12.1. The van der Waals surface area contributed by atoms with Crippen molar-refractivity contribution in [2.24, 2.45) is 21.7 Å². The normalized spacial score (nSPS) is 20.3. The minimum Gasteiger partial charge on any atom is -0.510 e. The van der Waals surface area contributed by atoms with Crippen LogP contribution in [0.5, 0.6) is 11.5 Å². The fourth-order valence-electron chi connectivity index (χ4n) is 17.9. The van der Waals surface area contributed by atoms with E-state index in [0.29, 0.717) is 11.5 Å². The molecule has 3 heterocycles. The molecule has 4 aliphatic rings. The van der Waals surface area contributed by atoms with E-state index in [-0.39, 0.29) is 80.6 Å². The van der Waals surface area contributed by atoms with Crippen LogP contribution in [0.25, 0.3) is 72.3 Å². The number of nitrogens with zero attached hydrogens (tertiary/aromatic N) is 4. The van der Waals surface area contributed by atoms with Crippen molar-refractivity contribution in [1.82, 2.24) is 14.1 Å². The molecule has 0 amide bonds. The molecule has 0 bridgehead atoms. The van der Waals surface area contributed by atoms with Crippen LogP contribution >= 0.6 is 0 Å². The molecule has 0 atom stereocenters. The van der Waals surface area contributed by atoms with Crippen LogP contribution < -0.4 is 9.30 Å². The van der Waals surface area contributed by atoms with Crippen molar-refractivity contribution >= 4 is 32.8 Å². The van der Waals surface area contributed by atoms with Crippen molar-refractivity contribution in [2.75, 3.05) is 0 Å². The molecule has 444 valence electrons. The third kappa shape index (κ3) is 6.88. The number of para-hydroxylation sites is 4. The van der Waals surface area contributed by atoms with Gasteiger partial charge in [0.25, 0.3) is 6.33 Å². The van der Waals surface area contributed by atoms with E-state index in [1.807, 2.05) is 18.3 Å². The van der Waals surface area contributed by atoms with Crippen LogP contribution in [0.4, 0.5) is 0 Å². The smallest absolute Gasteiger partial charge is 0.268 e. The standard InChI is InChI=1S/C80H86N4O.Pt/c1-70(2,3)50-38-39-81-66(44-50)84-62-33-23-22-30-56(62)57-37-36-53(46-65(57)84)85-52-29-26-28-51(45-52)82-47-83(64-35-25-24-34-63(64)82)69-54(48-40-58-67-59(41-48)72(6,7)76(14,15)79(67,20)75(12,13)71(58,4)5)31-27-32-55(69)49-42-60-68-61(43-49)74(10,11)78(18,19)80(68,21)77(16,17)73(60,8)9;/h22-44H,1-21H3;/q-2;. The van der Waals surface area contributed by atoms with Gasteiger partial charge >= 0.3 is 0 Å². The molecular formula is C80H86N4OPt-2. The Hall–Kier alpha value is -6.55. The maximum Gasteiger partial charge on any atom is 0.268 e. The van der Waals surface area contributed by atoms with Crippen LogP contribution in [-0.2, 0) is 59.0 Å². The zero-order chi connectivity index (χ0) is 60.7. The van der Waals surface area contributed by atoms with E-state index in [1.165, 1.54) is 50.1 Å². The van der Waals surface area contributed by atoms with E-state index >= 15 is 0 Å². The molecule has 7 aromatic carbocycles. The monoisotopic (exact) mass is 1310 g/mol. The summed E-state index contributed by atoms with van der Waals surface area (Å²) < 4.78 is 13.6. The van der Waals surface area contributed by atoms with Gasteiger partial charge in [-0.2, -0.15) is 18.2 Å². The SMILES string of the molecule is CC(C)(C)c1ccnc(-n2c3[c-]c(Oc4[c-]c(-n5[c-][n+](-c6c(-c7cc8c9c(c7)C(C)(C)C(C)(C)C9(C)C(C)(C)C8(C)C)cccc6-c6cc7c8c(c6)C(C)(C)C(C)(C)C8(C)C(C)(C)C7(C)C)c6ccccc65)ccc4)ccc3c3ccccc32)c1.[Pt]. The van der Waals surface area contributed by atoms with Crippen LogP contribution in [0.1, 0.15) is 184 Å². The van der Waals surface area contributed by atoms with E-state index in [2.05, 4.69) is 299 Å². The van der Waals surface area contributed by atoms with Crippen LogP contribution in [0.2, 0.25) is 0 Å². The van der Waals surface area contributed by atoms with Gasteiger partial charge in [-0.25, -0.2) is 4.98 Å². The first-order valence-electron chi connectivity index (χ1n) is 31.2. The van der Waals surface area contributed by atoms with Gasteiger partial charge in [-0.1, -0.05) is 236 Å². The van der Waals surface area contributed by atoms with Gasteiger partial charge in [0, 0.05) is 55.1 Å². The van der Waals surface area contributed by atoms with Crippen molar-refractivity contribution in [1.29, 1.82) is 0 Å². The molecule has 0 unspecified atom stereocenters. The fraction of sp³-hybridized carbons (Fsp3) is 0.400. The molecule has 14 rings (SSSR count). The fourth-order valence-corrected chi connectivity index (χ4v) is 17.9. The second kappa shape index (κ2) is 17.8. The molecule has 6 heteroatoms. The minimum absolute atomic E-state index is 0. The summed E-state index contributed by atoms with van der Waals surface area (Å²) in [4.78, 5) is 4.93. The molecule has 0 saturated carbocycles. The molecule has 5 nitrogen and oxygen atoms in total. The number of hydrogen-bond donors (Lipinski definition) is 0. The Morgan fingerprint density at radius 3 is 1.48 bits per heavy atom. The first-order valence-corrected chi connectivity index (χ1v) is 31.2. The van der Waals surface area contributed by atoms with Crippen molar-refractivity contribution in [3.05, 3.63) is 197 Å². The number of fused-ring (bicyclic) bond motifs is 4. The predicted octanol–water partition coefficient (Wildman–Crippen LogP) is 20.0. The second-order valence-corrected chi connectivity index (χ2v) is 31.7. The summed E-state index contributed by atoms with van der Waals surface area (Å²) in [7, 11) is 0. The summed E-state index contributed by atoms with van der Waals surface area (Å²) in [5.74, 6) is 2.03. The number of hydrogen-bond acceptors (Lipinski definition) is 2. The molecule has 10 aromatic rings. The van der Waals surface area contributed by atoms with E-state index in [9.17, 15) is 0 Å². The van der Waals surface area contributed by atoms with Gasteiger partial charge in [0.15, 0.2) is 0 Å². The second-order valence-electron chi connectivity index (χ2n) is 31.7. The number of pyridine rings is 1. The average Bonchev–Trinajstić information content (AvgIpc) is 1.48. The summed E-state index contributed by atoms with van der Waals surface area (Å²) in [6.45, 7) is 52.3. The zero-order valence-corrected chi connectivity index (χ0v) is 57.1. The number of benzene rings is 7. The predicted molar refractivity (Wildman–Crippen MR) is 351 cm³/mol. The molecule has 0 saturated heterocycles. The summed E-state index contributed by atoms with van der Waals surface area (Å²) in [6.07, 6.45) is 5.97. The molecule has 0 aliphatic heterocycles. The largest absolute Gasteiger partial charge is 0.510 e. The Balaban J connectivity index is 0.00000686. The maximum absolute atomic E-state index is 6.86. The quantitative estimate of drug-likeness (QED) is 0.118. The van der Waals surface area contributed by atoms with Gasteiger partial charge in [-0.05, 0) is 139 Å². The maximum atomic E-state index is 6.86. The molecular weight excluding hydrogens is 1230 g/mol. The molecule has 4 aliphatic carbocycles. The molecule has 0 fully saturated rings. The number of imidazole rings is 1. The summed E-state index contributed by atoms with van der Waals surface area (Å²) in [6, 6.07) is 56.9. The van der Waals surface area contributed by atoms with Gasteiger partial charge < -0.3 is 13.9 Å². The summed E-state index contributed by atoms with van der Waals surface area (Å²) in [5, 5.41) is 2.23. The van der Waals surface area contributed by atoms with Gasteiger partial charge in [-0.3, -0.25) is 4.57 Å². The van der Waals surface area contributed by atoms with Gasteiger partial charge in [0.1, 0.15) is 5.82 Å². The van der Waals surface area contributed by atoms with E-state index in [0.717, 1.165) is 50.0 Å². The van der Waals surface area contributed by atoms with Gasteiger partial charge in [-0.15, -0.1) is 29.7 Å². The van der Waals surface area contributed by atoms with Crippen LogP contribution in [0, 0.1) is 40.1 Å². The van der Waals surface area contributed by atoms with E-state index < -0.39 is 0 Å². The van der Waals surface area contributed by atoms with Gasteiger partial charge in [0.05, 0.1) is 16.7 Å². The molecule has 0 radical (unpaired) electrons. The molecule has 86 heavy (non-hydrogen) atoms. The topological polar surface area (TPSA) is 35.9 Å². The summed E-state index contributed by atoms with van der Waals surface area (Å²) >= 11 is 0. The van der Waals surface area contributed by atoms with Crippen molar-refractivity contribution in [3.63, 3.8) is 0 Å². The number of aromatic nitrogens is 4. The Labute approximate surface area is 526 Å². The van der Waals surface area contributed by atoms with Crippen LogP contribution in [0.15, 0.2) is 140 Å². The van der Waals surface area contributed by atoms with Crippen molar-refractivity contribution in [3.8, 4) is 50.9 Å². The Morgan fingerprint density at radius 1 is 0.477 bits per heavy atom. The first-order chi connectivity index (χ1) is 39.6. The van der Waals surface area contributed by atoms with Crippen LogP contribution in [-0.4, -0.2) is 14.1 Å². The molecule has 3 aromatic heterocycles. The molecule has 0 N–H and O–H groups in total. The Morgan fingerprint density at radius 2 is 0.953 bits per heavy atom. The van der Waals surface area contributed by atoms with E-state index in [1.54, 1.807) is 11.1 Å². The number of rotatable bonds is 7. The van der Waals surface area contributed by atoms with Crippen LogP contribution in [0.3, 0.4) is 0 Å². The Bertz CT molecular complexity index is 4300. The minimum atomic E-state index is -0.101. The van der Waals surface area contributed by atoms with Gasteiger partial charge in [0.2, 0.25) is 0 Å². The third-order valence-corrected chi connectivity index (χ3v) is 26.3. The average molecular weight is 1310 g/mol. The van der Waals surface area contributed by atoms with Crippen molar-refractivity contribution in [2.45, 2.75) is 183 Å². The van der Waals surface area contributed by atoms with Crippen molar-refractivity contribution < 1.29 is 30.4 Å². The molecule has 0 spiro atoms. The van der Waals surface area contributed by atoms with E-state index in [4.69, 9.17) is 9.72 Å². The third-order valence-electron chi connectivity index (χ3n) is 26.3. The summed E-state index contributed by atoms with van der Waals surface area (Å²) in [5.41, 5.74) is 20.5.